The molecule has 2 aromatic heterocycles. The fraction of sp³-hybridized carbons (Fsp3) is 0.375. The number of hydrogen-bond donors (Lipinski definition) is 3. The summed E-state index contributed by atoms with van der Waals surface area (Å²) in [5, 5.41) is 6.19. The largest absolute Gasteiger partial charge is 0.463 e. The molecule has 7 heteroatoms. The Kier molecular flexibility index (Phi) is 5.63. The Bertz CT molecular complexity index is 712. The molecule has 0 bridgehead atoms. The Morgan fingerprint density at radius 1 is 1.35 bits per heavy atom. The number of aromatic nitrogens is 1. The first-order chi connectivity index (χ1) is 10.6. The summed E-state index contributed by atoms with van der Waals surface area (Å²) < 4.78 is 5.23. The highest BCUT2D eigenvalue weighted by Crippen LogP contribution is 2.16. The minimum Gasteiger partial charge on any atom is -0.463 e. The normalized spacial score (nSPS) is 20.6. The molecule has 124 valence electrons. The maximum Gasteiger partial charge on any atom is 0.261 e. The first-order valence-electron chi connectivity index (χ1n) is 7.44. The zero-order valence-corrected chi connectivity index (χ0v) is 13.6. The fourth-order valence-corrected chi connectivity index (χ4v) is 2.66. The van der Waals surface area contributed by atoms with Gasteiger partial charge >= 0.3 is 0 Å². The lowest BCUT2D eigenvalue weighted by Crippen LogP contribution is -2.50. The Morgan fingerprint density at radius 2 is 2.17 bits per heavy atom. The number of carbonyl (C=O) groups excluding carboxylic acids is 1. The zero-order valence-electron chi connectivity index (χ0n) is 12.8. The van der Waals surface area contributed by atoms with Gasteiger partial charge in [-0.3, -0.25) is 9.59 Å². The zero-order chi connectivity index (χ0) is 15.5. The van der Waals surface area contributed by atoms with E-state index in [2.05, 4.69) is 22.5 Å². The SMILES string of the molecule is CC1CCNCC1NC(=O)c1ccc(-c2ccco2)[nH]c1=O.Cl. The van der Waals surface area contributed by atoms with Crippen LogP contribution in [-0.2, 0) is 0 Å². The van der Waals surface area contributed by atoms with Crippen molar-refractivity contribution in [3.8, 4) is 11.5 Å². The van der Waals surface area contributed by atoms with Crippen LogP contribution >= 0.6 is 12.4 Å². The predicted molar refractivity (Wildman–Crippen MR) is 89.9 cm³/mol. The molecule has 0 radical (unpaired) electrons. The number of H-pyrrole nitrogens is 1. The van der Waals surface area contributed by atoms with Gasteiger partial charge in [-0.2, -0.15) is 0 Å². The highest BCUT2D eigenvalue weighted by molar-refractivity contribution is 5.94. The molecule has 1 aliphatic heterocycles. The number of pyridine rings is 1. The van der Waals surface area contributed by atoms with Gasteiger partial charge in [0, 0.05) is 12.6 Å². The predicted octanol–water partition coefficient (Wildman–Crippen LogP) is 1.78. The van der Waals surface area contributed by atoms with Crippen molar-refractivity contribution >= 4 is 18.3 Å². The molecule has 2 unspecified atom stereocenters. The third-order valence-corrected chi connectivity index (χ3v) is 4.08. The number of halogens is 1. The number of carbonyl (C=O) groups is 1. The van der Waals surface area contributed by atoms with Gasteiger partial charge in [0.15, 0.2) is 0 Å². The van der Waals surface area contributed by atoms with E-state index in [9.17, 15) is 9.59 Å². The first-order valence-corrected chi connectivity index (χ1v) is 7.44. The van der Waals surface area contributed by atoms with E-state index in [0.29, 0.717) is 17.4 Å². The van der Waals surface area contributed by atoms with Crippen LogP contribution in [0.15, 0.2) is 39.7 Å². The molecule has 23 heavy (non-hydrogen) atoms. The lowest BCUT2D eigenvalue weighted by Gasteiger charge is -2.30. The Morgan fingerprint density at radius 3 is 2.83 bits per heavy atom. The molecule has 0 aliphatic carbocycles. The summed E-state index contributed by atoms with van der Waals surface area (Å²) in [7, 11) is 0. The van der Waals surface area contributed by atoms with Crippen LogP contribution in [0.4, 0.5) is 0 Å². The van der Waals surface area contributed by atoms with Crippen LogP contribution in [0.5, 0.6) is 0 Å². The standard InChI is InChI=1S/C16H19N3O3.ClH/c1-10-6-7-17-9-13(10)19-16(21)11-4-5-12(18-15(11)20)14-3-2-8-22-14;/h2-5,8,10,13,17H,6-7,9H2,1H3,(H,18,20)(H,19,21);1H. The topological polar surface area (TPSA) is 87.1 Å². The van der Waals surface area contributed by atoms with Crippen molar-refractivity contribution in [2.45, 2.75) is 19.4 Å². The van der Waals surface area contributed by atoms with Gasteiger partial charge in [-0.25, -0.2) is 0 Å². The molecule has 2 atom stereocenters. The van der Waals surface area contributed by atoms with Crippen molar-refractivity contribution in [3.05, 3.63) is 46.4 Å². The molecule has 3 rings (SSSR count). The second kappa shape index (κ2) is 7.48. The summed E-state index contributed by atoms with van der Waals surface area (Å²) in [4.78, 5) is 27.1. The average molecular weight is 338 g/mol. The molecule has 3 heterocycles. The average Bonchev–Trinajstić information content (AvgIpc) is 3.03. The molecule has 2 aromatic rings. The summed E-state index contributed by atoms with van der Waals surface area (Å²) in [5.41, 5.74) is 0.259. The van der Waals surface area contributed by atoms with Crippen LogP contribution in [0.3, 0.4) is 0 Å². The van der Waals surface area contributed by atoms with Gasteiger partial charge in [0.2, 0.25) is 0 Å². The van der Waals surface area contributed by atoms with Gasteiger partial charge in [-0.15, -0.1) is 12.4 Å². The summed E-state index contributed by atoms with van der Waals surface area (Å²) >= 11 is 0. The molecule has 0 aromatic carbocycles. The second-order valence-corrected chi connectivity index (χ2v) is 5.64. The molecule has 0 saturated carbocycles. The van der Waals surface area contributed by atoms with Gasteiger partial charge in [-0.05, 0) is 43.1 Å². The van der Waals surface area contributed by atoms with E-state index < -0.39 is 5.56 Å². The Labute approximate surface area is 140 Å². The number of furan rings is 1. The van der Waals surface area contributed by atoms with Crippen LogP contribution in [0.1, 0.15) is 23.7 Å². The van der Waals surface area contributed by atoms with E-state index in [1.807, 2.05) is 0 Å². The molecule has 0 spiro atoms. The third kappa shape index (κ3) is 3.83. The number of aromatic amines is 1. The van der Waals surface area contributed by atoms with E-state index in [4.69, 9.17) is 4.42 Å². The van der Waals surface area contributed by atoms with E-state index in [0.717, 1.165) is 19.5 Å². The smallest absolute Gasteiger partial charge is 0.261 e. The minimum atomic E-state index is -0.414. The molecule has 3 N–H and O–H groups in total. The molecule has 1 amide bonds. The van der Waals surface area contributed by atoms with Crippen LogP contribution in [-0.4, -0.2) is 30.0 Å². The summed E-state index contributed by atoms with van der Waals surface area (Å²) in [6.45, 7) is 3.80. The second-order valence-electron chi connectivity index (χ2n) is 5.64. The monoisotopic (exact) mass is 337 g/mol. The van der Waals surface area contributed by atoms with Gasteiger partial charge in [-0.1, -0.05) is 6.92 Å². The van der Waals surface area contributed by atoms with Crippen molar-refractivity contribution in [2.75, 3.05) is 13.1 Å². The van der Waals surface area contributed by atoms with E-state index in [-0.39, 0.29) is 29.9 Å². The molecule has 1 fully saturated rings. The number of piperidine rings is 1. The van der Waals surface area contributed by atoms with Crippen LogP contribution in [0.2, 0.25) is 0 Å². The fourth-order valence-electron chi connectivity index (χ4n) is 2.66. The van der Waals surface area contributed by atoms with Gasteiger partial charge in [0.05, 0.1) is 12.0 Å². The minimum absolute atomic E-state index is 0. The van der Waals surface area contributed by atoms with Crippen molar-refractivity contribution in [2.24, 2.45) is 5.92 Å². The number of nitrogens with one attached hydrogen (secondary N) is 3. The van der Waals surface area contributed by atoms with Gasteiger partial charge < -0.3 is 20.0 Å². The first kappa shape index (κ1) is 17.3. The van der Waals surface area contributed by atoms with Crippen LogP contribution in [0, 0.1) is 5.92 Å². The molecule has 1 aliphatic rings. The van der Waals surface area contributed by atoms with E-state index >= 15 is 0 Å². The van der Waals surface area contributed by atoms with Crippen molar-refractivity contribution in [3.63, 3.8) is 0 Å². The summed E-state index contributed by atoms with van der Waals surface area (Å²) in [5.74, 6) is 0.619. The van der Waals surface area contributed by atoms with Gasteiger partial charge in [0.25, 0.3) is 11.5 Å². The Hall–Kier alpha value is -2.05. The maximum absolute atomic E-state index is 12.3. The van der Waals surface area contributed by atoms with Crippen molar-refractivity contribution in [1.29, 1.82) is 0 Å². The third-order valence-electron chi connectivity index (χ3n) is 4.08. The molecule has 1 saturated heterocycles. The van der Waals surface area contributed by atoms with E-state index in [1.165, 1.54) is 12.3 Å². The van der Waals surface area contributed by atoms with Crippen molar-refractivity contribution in [1.82, 2.24) is 15.6 Å². The summed E-state index contributed by atoms with van der Waals surface area (Å²) in [6.07, 6.45) is 2.55. The highest BCUT2D eigenvalue weighted by Gasteiger charge is 2.24. The van der Waals surface area contributed by atoms with Crippen LogP contribution < -0.4 is 16.2 Å². The van der Waals surface area contributed by atoms with Crippen molar-refractivity contribution < 1.29 is 9.21 Å². The summed E-state index contributed by atoms with van der Waals surface area (Å²) in [6, 6.07) is 6.75. The number of amides is 1. The maximum atomic E-state index is 12.3. The number of rotatable bonds is 3. The van der Waals surface area contributed by atoms with E-state index in [1.54, 1.807) is 18.2 Å². The lowest BCUT2D eigenvalue weighted by atomic mass is 9.94. The van der Waals surface area contributed by atoms with Gasteiger partial charge in [0.1, 0.15) is 11.3 Å². The Balaban J connectivity index is 0.00000192. The molecular weight excluding hydrogens is 318 g/mol. The molecular formula is C16H20ClN3O3. The number of hydrogen-bond acceptors (Lipinski definition) is 4. The molecule has 6 nitrogen and oxygen atoms in total. The van der Waals surface area contributed by atoms with Crippen LogP contribution in [0.25, 0.3) is 11.5 Å². The lowest BCUT2D eigenvalue weighted by molar-refractivity contribution is 0.0913. The quantitative estimate of drug-likeness (QED) is 0.796. The highest BCUT2D eigenvalue weighted by atomic mass is 35.5.